The van der Waals surface area contributed by atoms with Gasteiger partial charge in [0.15, 0.2) is 17.6 Å². The van der Waals surface area contributed by atoms with Crippen molar-refractivity contribution in [3.63, 3.8) is 0 Å². The summed E-state index contributed by atoms with van der Waals surface area (Å²) in [7, 11) is 1.81. The van der Waals surface area contributed by atoms with E-state index >= 15 is 0 Å². The highest BCUT2D eigenvalue weighted by atomic mass is 16.6. The lowest BCUT2D eigenvalue weighted by Gasteiger charge is -2.34. The number of piperidine rings is 1. The lowest BCUT2D eigenvalue weighted by molar-refractivity contribution is -0.139. The Morgan fingerprint density at radius 3 is 2.45 bits per heavy atom. The molecule has 2 aliphatic rings. The smallest absolute Gasteiger partial charge is 0.246 e. The molecule has 2 aliphatic heterocycles. The molecule has 2 aromatic carbocycles. The number of carbonyl (C=O) groups is 2. The second kappa shape index (κ2) is 9.69. The number of rotatable bonds is 5. The molecule has 2 amide bonds. The van der Waals surface area contributed by atoms with Crippen molar-refractivity contribution in [2.75, 3.05) is 33.3 Å². The van der Waals surface area contributed by atoms with Crippen molar-refractivity contribution in [3.8, 4) is 11.5 Å². The highest BCUT2D eigenvalue weighted by molar-refractivity contribution is 5.92. The summed E-state index contributed by atoms with van der Waals surface area (Å²) in [5.41, 5.74) is 0.999. The topological polar surface area (TPSA) is 59.1 Å². The zero-order valence-electron chi connectivity index (χ0n) is 17.8. The first-order valence-corrected chi connectivity index (χ1v) is 10.8. The number of carbonyl (C=O) groups excluding carboxylic acids is 2. The highest BCUT2D eigenvalue weighted by Crippen LogP contribution is 2.31. The summed E-state index contributed by atoms with van der Waals surface area (Å²) in [6.45, 7) is 2.10. The zero-order valence-corrected chi connectivity index (χ0v) is 17.8. The number of likely N-dealkylation sites (tertiary alicyclic amines) is 1. The molecule has 0 bridgehead atoms. The molecule has 1 fully saturated rings. The fourth-order valence-electron chi connectivity index (χ4n) is 4.04. The van der Waals surface area contributed by atoms with Crippen LogP contribution in [-0.4, -0.2) is 61.0 Å². The number of para-hydroxylation sites is 2. The number of nitrogens with zero attached hydrogens (tertiary/aromatic N) is 2. The van der Waals surface area contributed by atoms with E-state index in [1.807, 2.05) is 72.6 Å². The Hall–Kier alpha value is -3.28. The van der Waals surface area contributed by atoms with Gasteiger partial charge in [0, 0.05) is 32.1 Å². The molecule has 1 unspecified atom stereocenters. The Balaban J connectivity index is 1.24. The summed E-state index contributed by atoms with van der Waals surface area (Å²) in [6, 6.07) is 17.3. The van der Waals surface area contributed by atoms with E-state index in [2.05, 4.69) is 0 Å². The molecule has 2 heterocycles. The third-order valence-corrected chi connectivity index (χ3v) is 5.80. The second-order valence-corrected chi connectivity index (χ2v) is 8.06. The average molecular weight is 421 g/mol. The van der Waals surface area contributed by atoms with Gasteiger partial charge in [-0.15, -0.1) is 0 Å². The number of hydrogen-bond acceptors (Lipinski definition) is 4. The van der Waals surface area contributed by atoms with Crippen molar-refractivity contribution in [2.45, 2.75) is 18.9 Å². The van der Waals surface area contributed by atoms with Gasteiger partial charge in [0.2, 0.25) is 11.8 Å². The Morgan fingerprint density at radius 2 is 1.71 bits per heavy atom. The van der Waals surface area contributed by atoms with Gasteiger partial charge in [-0.1, -0.05) is 42.5 Å². The van der Waals surface area contributed by atoms with Crippen LogP contribution in [0.25, 0.3) is 6.08 Å². The predicted octanol–water partition coefficient (Wildman–Crippen LogP) is 3.24. The van der Waals surface area contributed by atoms with Crippen LogP contribution in [0.1, 0.15) is 18.4 Å². The molecule has 0 spiro atoms. The van der Waals surface area contributed by atoms with E-state index in [9.17, 15) is 9.59 Å². The van der Waals surface area contributed by atoms with Crippen LogP contribution in [0, 0.1) is 5.92 Å². The van der Waals surface area contributed by atoms with E-state index in [1.54, 1.807) is 11.0 Å². The lowest BCUT2D eigenvalue weighted by atomic mass is 9.95. The molecule has 4 rings (SSSR count). The van der Waals surface area contributed by atoms with Crippen molar-refractivity contribution >= 4 is 17.9 Å². The summed E-state index contributed by atoms with van der Waals surface area (Å²) in [5.74, 6) is 1.49. The monoisotopic (exact) mass is 420 g/mol. The zero-order chi connectivity index (χ0) is 21.6. The third-order valence-electron chi connectivity index (χ3n) is 5.80. The van der Waals surface area contributed by atoms with Crippen molar-refractivity contribution in [3.05, 3.63) is 66.2 Å². The van der Waals surface area contributed by atoms with E-state index in [4.69, 9.17) is 9.47 Å². The average Bonchev–Trinajstić information content (AvgIpc) is 2.82. The van der Waals surface area contributed by atoms with Gasteiger partial charge in [0.1, 0.15) is 6.61 Å². The number of hydrogen-bond donors (Lipinski definition) is 0. The van der Waals surface area contributed by atoms with Gasteiger partial charge in [0.25, 0.3) is 0 Å². The van der Waals surface area contributed by atoms with Gasteiger partial charge in [0.05, 0.1) is 6.54 Å². The minimum atomic E-state index is -0.186. The number of fused-ring (bicyclic) bond motifs is 1. The second-order valence-electron chi connectivity index (χ2n) is 8.06. The number of likely N-dealkylation sites (N-methyl/N-ethyl adjacent to an activating group) is 1. The van der Waals surface area contributed by atoms with Gasteiger partial charge in [-0.05, 0) is 36.6 Å². The highest BCUT2D eigenvalue weighted by Gasteiger charge is 2.30. The van der Waals surface area contributed by atoms with Crippen LogP contribution in [0.4, 0.5) is 0 Å². The van der Waals surface area contributed by atoms with Gasteiger partial charge >= 0.3 is 0 Å². The lowest BCUT2D eigenvalue weighted by Crippen LogP contribution is -2.46. The number of amides is 2. The Kier molecular flexibility index (Phi) is 6.55. The van der Waals surface area contributed by atoms with Crippen LogP contribution >= 0.6 is 0 Å². The Labute approximate surface area is 183 Å². The summed E-state index contributed by atoms with van der Waals surface area (Å²) in [5, 5.41) is 0. The summed E-state index contributed by atoms with van der Waals surface area (Å²) in [4.78, 5) is 28.9. The fourth-order valence-corrected chi connectivity index (χ4v) is 4.04. The molecule has 6 heteroatoms. The van der Waals surface area contributed by atoms with Crippen LogP contribution in [0.2, 0.25) is 0 Å². The van der Waals surface area contributed by atoms with Gasteiger partial charge in [-0.25, -0.2) is 0 Å². The summed E-state index contributed by atoms with van der Waals surface area (Å²) >= 11 is 0. The number of benzene rings is 2. The normalized spacial score (nSPS) is 18.7. The van der Waals surface area contributed by atoms with Gasteiger partial charge in [-0.2, -0.15) is 0 Å². The van der Waals surface area contributed by atoms with Crippen molar-refractivity contribution < 1.29 is 19.1 Å². The first-order valence-electron chi connectivity index (χ1n) is 10.8. The molecule has 0 aromatic heterocycles. The maximum Gasteiger partial charge on any atom is 0.246 e. The van der Waals surface area contributed by atoms with Crippen LogP contribution in [-0.2, 0) is 9.59 Å². The van der Waals surface area contributed by atoms with E-state index < -0.39 is 0 Å². The van der Waals surface area contributed by atoms with E-state index in [0.717, 1.165) is 17.1 Å². The van der Waals surface area contributed by atoms with E-state index in [-0.39, 0.29) is 23.8 Å². The molecule has 0 radical (unpaired) electrons. The van der Waals surface area contributed by atoms with E-state index in [0.29, 0.717) is 39.1 Å². The fraction of sp³-hybridized carbons (Fsp3) is 0.360. The van der Waals surface area contributed by atoms with Crippen LogP contribution in [0.5, 0.6) is 11.5 Å². The first kappa shape index (κ1) is 21.0. The van der Waals surface area contributed by atoms with Crippen molar-refractivity contribution in [1.29, 1.82) is 0 Å². The minimum Gasteiger partial charge on any atom is -0.486 e. The van der Waals surface area contributed by atoms with Gasteiger partial charge in [-0.3, -0.25) is 9.59 Å². The SMILES string of the molecule is CN(CC1COc2ccccc2O1)C(=O)C1CCN(C(=O)C=Cc2ccccc2)CC1. The molecule has 162 valence electrons. The predicted molar refractivity (Wildman–Crippen MR) is 119 cm³/mol. The molecule has 2 aromatic rings. The summed E-state index contributed by atoms with van der Waals surface area (Å²) < 4.78 is 11.7. The maximum atomic E-state index is 12.9. The van der Waals surface area contributed by atoms with Crippen LogP contribution in [0.3, 0.4) is 0 Å². The molecule has 1 saturated heterocycles. The quantitative estimate of drug-likeness (QED) is 0.697. The molecule has 0 saturated carbocycles. The molecule has 0 N–H and O–H groups in total. The minimum absolute atomic E-state index is 0.00507. The van der Waals surface area contributed by atoms with Crippen molar-refractivity contribution in [1.82, 2.24) is 9.80 Å². The first-order chi connectivity index (χ1) is 15.1. The third kappa shape index (κ3) is 5.26. The molecule has 31 heavy (non-hydrogen) atoms. The molecule has 1 atom stereocenters. The van der Waals surface area contributed by atoms with Crippen LogP contribution in [0.15, 0.2) is 60.7 Å². The molecule has 0 aliphatic carbocycles. The summed E-state index contributed by atoms with van der Waals surface area (Å²) in [6.07, 6.45) is 4.62. The van der Waals surface area contributed by atoms with Crippen molar-refractivity contribution in [2.24, 2.45) is 5.92 Å². The standard InChI is InChI=1S/C25H28N2O4/c1-26(17-21-18-30-22-9-5-6-10-23(22)31-21)25(29)20-13-15-27(16-14-20)24(28)12-11-19-7-3-2-4-8-19/h2-12,20-21H,13-18H2,1H3. The molecular formula is C25H28N2O4. The van der Waals surface area contributed by atoms with Crippen LogP contribution < -0.4 is 9.47 Å². The maximum absolute atomic E-state index is 12.9. The molecule has 6 nitrogen and oxygen atoms in total. The number of ether oxygens (including phenoxy) is 2. The van der Waals surface area contributed by atoms with E-state index in [1.165, 1.54) is 0 Å². The Morgan fingerprint density at radius 1 is 1.03 bits per heavy atom. The molecular weight excluding hydrogens is 392 g/mol. The van der Waals surface area contributed by atoms with Gasteiger partial charge < -0.3 is 19.3 Å². The Bertz CT molecular complexity index is 936. The largest absolute Gasteiger partial charge is 0.486 e.